The molecule has 0 aliphatic heterocycles. The first-order valence-corrected chi connectivity index (χ1v) is 9.40. The third-order valence-corrected chi connectivity index (χ3v) is 3.70. The van der Waals surface area contributed by atoms with Gasteiger partial charge in [0.15, 0.2) is 6.29 Å². The summed E-state index contributed by atoms with van der Waals surface area (Å²) in [5, 5.41) is 17.9. The van der Waals surface area contributed by atoms with E-state index < -0.39 is 6.29 Å². The molecule has 0 amide bonds. The van der Waals surface area contributed by atoms with Gasteiger partial charge in [-0.3, -0.25) is 4.98 Å². The fraction of sp³-hybridized carbons (Fsp3) is 0.500. The van der Waals surface area contributed by atoms with Crippen LogP contribution < -0.4 is 4.74 Å². The van der Waals surface area contributed by atoms with Crippen LogP contribution in [0.4, 0.5) is 0 Å². The largest absolute Gasteiger partial charge is 0.493 e. The molecule has 1 heterocycles. The van der Waals surface area contributed by atoms with Gasteiger partial charge in [0.1, 0.15) is 5.75 Å². The van der Waals surface area contributed by atoms with Gasteiger partial charge in [-0.2, -0.15) is 0 Å². The first-order valence-electron chi connectivity index (χ1n) is 9.40. The Kier molecular flexibility index (Phi) is 14.2. The van der Waals surface area contributed by atoms with E-state index in [0.29, 0.717) is 23.8 Å². The van der Waals surface area contributed by atoms with Crippen molar-refractivity contribution in [3.63, 3.8) is 0 Å². The molecule has 2 aromatic rings. The van der Waals surface area contributed by atoms with Gasteiger partial charge in [-0.15, -0.1) is 0 Å². The van der Waals surface area contributed by atoms with E-state index in [1.54, 1.807) is 24.4 Å². The van der Waals surface area contributed by atoms with Gasteiger partial charge in [-0.05, 0) is 37.1 Å². The molecule has 0 bridgehead atoms. The topological polar surface area (TPSA) is 62.6 Å². The zero-order valence-electron chi connectivity index (χ0n) is 16.9. The lowest BCUT2D eigenvalue weighted by molar-refractivity contribution is -0.0426. The second kappa shape index (κ2) is 15.4. The fourth-order valence-electron chi connectivity index (χ4n) is 1.57. The van der Waals surface area contributed by atoms with E-state index >= 15 is 0 Å². The third kappa shape index (κ3) is 12.5. The normalized spacial score (nSPS) is 10.9. The standard InChI is InChI=1S/C12H18O3.C6H7N.C4H10/c1-3-9(2)8-15-11-6-4-5-10(7-11)12(13)14;1-6-4-2-3-5-7-6;1-3-4-2/h4-7,9,12-14H,3,8H2,1-2H3;2-5H,1H3;3-4H2,1-2H3. The van der Waals surface area contributed by atoms with E-state index in [4.69, 9.17) is 14.9 Å². The van der Waals surface area contributed by atoms with Crippen molar-refractivity contribution < 1.29 is 14.9 Å². The molecule has 1 atom stereocenters. The molecule has 0 aliphatic rings. The maximum Gasteiger partial charge on any atom is 0.178 e. The van der Waals surface area contributed by atoms with Crippen molar-refractivity contribution in [1.82, 2.24) is 4.98 Å². The van der Waals surface area contributed by atoms with Crippen LogP contribution in [-0.4, -0.2) is 21.8 Å². The van der Waals surface area contributed by atoms with Gasteiger partial charge in [0.25, 0.3) is 0 Å². The highest BCUT2D eigenvalue weighted by Gasteiger charge is 2.04. The molecule has 146 valence electrons. The van der Waals surface area contributed by atoms with Crippen LogP contribution in [0.25, 0.3) is 0 Å². The molecule has 0 radical (unpaired) electrons. The van der Waals surface area contributed by atoms with Crippen molar-refractivity contribution >= 4 is 0 Å². The SMILES string of the molecule is CCC(C)COc1cccc(C(O)O)c1.CCCC.Cc1ccccn1. The van der Waals surface area contributed by atoms with E-state index in [1.807, 2.05) is 31.2 Å². The monoisotopic (exact) mass is 361 g/mol. The van der Waals surface area contributed by atoms with Crippen LogP contribution in [0.3, 0.4) is 0 Å². The smallest absolute Gasteiger partial charge is 0.178 e. The summed E-state index contributed by atoms with van der Waals surface area (Å²) in [4.78, 5) is 3.98. The minimum absolute atomic E-state index is 0.455. The van der Waals surface area contributed by atoms with E-state index in [-0.39, 0.29) is 0 Å². The highest BCUT2D eigenvalue weighted by atomic mass is 16.5. The number of ether oxygens (including phenoxy) is 1. The number of rotatable bonds is 6. The Morgan fingerprint density at radius 2 is 1.69 bits per heavy atom. The first-order chi connectivity index (χ1) is 12.4. The van der Waals surface area contributed by atoms with E-state index in [0.717, 1.165) is 12.1 Å². The third-order valence-electron chi connectivity index (χ3n) is 3.70. The van der Waals surface area contributed by atoms with Crippen LogP contribution in [0.5, 0.6) is 5.75 Å². The van der Waals surface area contributed by atoms with Gasteiger partial charge in [-0.25, -0.2) is 0 Å². The van der Waals surface area contributed by atoms with Crippen molar-refractivity contribution in [2.45, 2.75) is 60.2 Å². The summed E-state index contributed by atoms with van der Waals surface area (Å²) in [5.74, 6) is 1.19. The van der Waals surface area contributed by atoms with Crippen molar-refractivity contribution in [1.29, 1.82) is 0 Å². The molecule has 0 spiro atoms. The van der Waals surface area contributed by atoms with E-state index in [2.05, 4.69) is 32.7 Å². The van der Waals surface area contributed by atoms with Gasteiger partial charge in [-0.1, -0.05) is 65.2 Å². The maximum absolute atomic E-state index is 8.97. The number of pyridine rings is 1. The average molecular weight is 362 g/mol. The molecular formula is C22H35NO3. The molecular weight excluding hydrogens is 326 g/mol. The fourth-order valence-corrected chi connectivity index (χ4v) is 1.57. The minimum Gasteiger partial charge on any atom is -0.493 e. The molecule has 26 heavy (non-hydrogen) atoms. The summed E-state index contributed by atoms with van der Waals surface area (Å²) in [6, 6.07) is 12.7. The van der Waals surface area contributed by atoms with E-state index in [1.165, 1.54) is 12.8 Å². The molecule has 0 aliphatic carbocycles. The number of aryl methyl sites for hydroxylation is 1. The Labute approximate surface area is 158 Å². The molecule has 4 heteroatoms. The summed E-state index contributed by atoms with van der Waals surface area (Å²) < 4.78 is 5.53. The lowest BCUT2D eigenvalue weighted by atomic mass is 10.1. The second-order valence-electron chi connectivity index (χ2n) is 6.24. The van der Waals surface area contributed by atoms with Gasteiger partial charge >= 0.3 is 0 Å². The zero-order chi connectivity index (χ0) is 19.8. The van der Waals surface area contributed by atoms with E-state index in [9.17, 15) is 0 Å². The number of aromatic nitrogens is 1. The number of unbranched alkanes of at least 4 members (excludes halogenated alkanes) is 1. The number of aliphatic hydroxyl groups excluding tert-OH is 1. The Hall–Kier alpha value is -1.91. The quantitative estimate of drug-likeness (QED) is 0.686. The molecule has 0 fully saturated rings. The van der Waals surface area contributed by atoms with Crippen LogP contribution in [0.15, 0.2) is 48.7 Å². The Morgan fingerprint density at radius 1 is 1.00 bits per heavy atom. The van der Waals surface area contributed by atoms with Crippen molar-refractivity contribution in [2.75, 3.05) is 6.61 Å². The predicted octanol–water partition coefficient (Wildman–Crippen LogP) is 5.29. The van der Waals surface area contributed by atoms with Crippen molar-refractivity contribution in [2.24, 2.45) is 5.92 Å². The second-order valence-corrected chi connectivity index (χ2v) is 6.24. The predicted molar refractivity (Wildman–Crippen MR) is 108 cm³/mol. The van der Waals surface area contributed by atoms with Crippen LogP contribution in [0.1, 0.15) is 64.5 Å². The first kappa shape index (κ1) is 24.1. The molecule has 2 N–H and O–H groups in total. The number of nitrogens with zero attached hydrogens (tertiary/aromatic N) is 1. The summed E-state index contributed by atoms with van der Waals surface area (Å²) in [6.45, 7) is 11.2. The number of benzene rings is 1. The number of hydrogen-bond donors (Lipinski definition) is 2. The molecule has 2 rings (SSSR count). The van der Waals surface area contributed by atoms with Crippen LogP contribution in [0, 0.1) is 12.8 Å². The summed E-state index contributed by atoms with van der Waals surface area (Å²) >= 11 is 0. The summed E-state index contributed by atoms with van der Waals surface area (Å²) in [5.41, 5.74) is 1.53. The highest BCUT2D eigenvalue weighted by Crippen LogP contribution is 2.18. The lowest BCUT2D eigenvalue weighted by Crippen LogP contribution is -2.07. The number of hydrogen-bond acceptors (Lipinski definition) is 4. The Balaban J connectivity index is 0.000000467. The van der Waals surface area contributed by atoms with Gasteiger partial charge in [0.2, 0.25) is 0 Å². The van der Waals surface area contributed by atoms with Gasteiger partial charge in [0.05, 0.1) is 6.61 Å². The molecule has 0 saturated heterocycles. The van der Waals surface area contributed by atoms with Crippen LogP contribution in [0.2, 0.25) is 0 Å². The number of aliphatic hydroxyl groups is 2. The summed E-state index contributed by atoms with van der Waals surface area (Å²) in [6.07, 6.45) is 4.06. The maximum atomic E-state index is 8.97. The molecule has 4 nitrogen and oxygen atoms in total. The summed E-state index contributed by atoms with van der Waals surface area (Å²) in [7, 11) is 0. The molecule has 1 unspecified atom stereocenters. The zero-order valence-corrected chi connectivity index (χ0v) is 16.9. The molecule has 1 aromatic heterocycles. The van der Waals surface area contributed by atoms with Gasteiger partial charge < -0.3 is 14.9 Å². The van der Waals surface area contributed by atoms with Crippen molar-refractivity contribution in [3.8, 4) is 5.75 Å². The average Bonchev–Trinajstić information content (AvgIpc) is 2.67. The van der Waals surface area contributed by atoms with Crippen molar-refractivity contribution in [3.05, 3.63) is 59.9 Å². The Morgan fingerprint density at radius 3 is 2.12 bits per heavy atom. The molecule has 1 aromatic carbocycles. The lowest BCUT2D eigenvalue weighted by Gasteiger charge is -2.12. The van der Waals surface area contributed by atoms with Crippen LogP contribution in [-0.2, 0) is 0 Å². The Bertz CT molecular complexity index is 556. The van der Waals surface area contributed by atoms with Gasteiger partial charge in [0, 0.05) is 17.5 Å². The molecule has 0 saturated carbocycles. The van der Waals surface area contributed by atoms with Crippen LogP contribution >= 0.6 is 0 Å². The highest BCUT2D eigenvalue weighted by molar-refractivity contribution is 5.29. The minimum atomic E-state index is -1.43.